The average molecular weight is 454 g/mol. The lowest BCUT2D eigenvalue weighted by Gasteiger charge is -2.34. The molecule has 7 heteroatoms. The number of nitrogens with zero attached hydrogens (tertiary/aromatic N) is 5. The molecule has 0 saturated carbocycles. The Labute approximate surface area is 199 Å². The number of aromatic nitrogens is 3. The van der Waals surface area contributed by atoms with Crippen molar-refractivity contribution in [1.82, 2.24) is 24.6 Å². The van der Waals surface area contributed by atoms with E-state index in [2.05, 4.69) is 9.88 Å². The lowest BCUT2D eigenvalue weighted by Crippen LogP contribution is -2.49. The second-order valence-corrected chi connectivity index (χ2v) is 8.21. The molecule has 1 amide bonds. The molecule has 1 aliphatic heterocycles. The summed E-state index contributed by atoms with van der Waals surface area (Å²) in [7, 11) is 0. The van der Waals surface area contributed by atoms with E-state index >= 15 is 0 Å². The van der Waals surface area contributed by atoms with Crippen LogP contribution < -0.4 is 4.74 Å². The highest BCUT2D eigenvalue weighted by Gasteiger charge is 2.26. The van der Waals surface area contributed by atoms with Gasteiger partial charge in [-0.3, -0.25) is 14.7 Å². The minimum atomic E-state index is 0.00113. The molecule has 34 heavy (non-hydrogen) atoms. The molecule has 3 heterocycles. The quantitative estimate of drug-likeness (QED) is 0.426. The third-order valence-corrected chi connectivity index (χ3v) is 5.98. The first kappa shape index (κ1) is 21.9. The molecule has 0 radical (unpaired) electrons. The van der Waals surface area contributed by atoms with Crippen LogP contribution in [0.4, 0.5) is 0 Å². The third-order valence-electron chi connectivity index (χ3n) is 5.98. The van der Waals surface area contributed by atoms with Crippen molar-refractivity contribution in [2.24, 2.45) is 0 Å². The van der Waals surface area contributed by atoms with Gasteiger partial charge in [0.25, 0.3) is 5.91 Å². The van der Waals surface area contributed by atoms with Crippen LogP contribution in [0.1, 0.15) is 10.4 Å². The summed E-state index contributed by atoms with van der Waals surface area (Å²) in [4.78, 5) is 22.0. The highest BCUT2D eigenvalue weighted by molar-refractivity contribution is 6.00. The molecule has 2 aromatic carbocycles. The lowest BCUT2D eigenvalue weighted by molar-refractivity contribution is 0.0621. The van der Waals surface area contributed by atoms with Crippen LogP contribution in [-0.2, 0) is 0 Å². The fourth-order valence-electron chi connectivity index (χ4n) is 4.11. The number of carbonyl (C=O) groups is 1. The van der Waals surface area contributed by atoms with Gasteiger partial charge >= 0.3 is 0 Å². The highest BCUT2D eigenvalue weighted by Crippen LogP contribution is 2.25. The molecule has 1 aliphatic rings. The zero-order valence-corrected chi connectivity index (χ0v) is 19.0. The van der Waals surface area contributed by atoms with Crippen molar-refractivity contribution in [3.8, 4) is 22.7 Å². The molecular formula is C27H27N5O2. The van der Waals surface area contributed by atoms with Gasteiger partial charge in [0, 0.05) is 56.9 Å². The van der Waals surface area contributed by atoms with Gasteiger partial charge in [-0.1, -0.05) is 36.4 Å². The summed E-state index contributed by atoms with van der Waals surface area (Å²) >= 11 is 0. The molecule has 0 aliphatic carbocycles. The van der Waals surface area contributed by atoms with Crippen LogP contribution in [0.25, 0.3) is 16.9 Å². The fourth-order valence-corrected chi connectivity index (χ4v) is 4.11. The van der Waals surface area contributed by atoms with Crippen molar-refractivity contribution in [3.05, 3.63) is 97.0 Å². The summed E-state index contributed by atoms with van der Waals surface area (Å²) in [5.74, 6) is 0.885. The van der Waals surface area contributed by atoms with Crippen LogP contribution in [-0.4, -0.2) is 69.8 Å². The first-order valence-electron chi connectivity index (χ1n) is 11.5. The standard InChI is InChI=1S/C27H27N5O2/c33-27(31-16-14-30(15-17-31)18-19-34-24-11-5-2-6-12-24)25-21-32(23-9-3-1-4-10-23)29-26(25)22-8-7-13-28-20-22/h1-13,20-21H,14-19H2. The number of amides is 1. The van der Waals surface area contributed by atoms with E-state index in [0.717, 1.165) is 36.6 Å². The van der Waals surface area contributed by atoms with Gasteiger partial charge < -0.3 is 9.64 Å². The number of pyridine rings is 1. The third kappa shape index (κ3) is 5.00. The number of ether oxygens (including phenoxy) is 1. The Morgan fingerprint density at radius 3 is 2.32 bits per heavy atom. The van der Waals surface area contributed by atoms with Crippen LogP contribution in [0.15, 0.2) is 91.4 Å². The van der Waals surface area contributed by atoms with E-state index in [0.29, 0.717) is 31.0 Å². The van der Waals surface area contributed by atoms with Gasteiger partial charge in [-0.25, -0.2) is 4.68 Å². The van der Waals surface area contributed by atoms with Crippen molar-refractivity contribution >= 4 is 5.91 Å². The smallest absolute Gasteiger partial charge is 0.257 e. The zero-order chi connectivity index (χ0) is 23.2. The second kappa shape index (κ2) is 10.3. The van der Waals surface area contributed by atoms with E-state index in [4.69, 9.17) is 9.84 Å². The molecule has 0 N–H and O–H groups in total. The predicted octanol–water partition coefficient (Wildman–Crippen LogP) is 3.77. The van der Waals surface area contributed by atoms with E-state index in [1.54, 1.807) is 17.1 Å². The molecule has 5 rings (SSSR count). The first-order valence-corrected chi connectivity index (χ1v) is 11.5. The van der Waals surface area contributed by atoms with Crippen LogP contribution in [0, 0.1) is 0 Å². The molecule has 4 aromatic rings. The number of rotatable bonds is 7. The van der Waals surface area contributed by atoms with Crippen molar-refractivity contribution in [2.45, 2.75) is 0 Å². The van der Waals surface area contributed by atoms with Crippen molar-refractivity contribution in [2.75, 3.05) is 39.3 Å². The SMILES string of the molecule is O=C(c1cn(-c2ccccc2)nc1-c1cccnc1)N1CCN(CCOc2ccccc2)CC1. The van der Waals surface area contributed by atoms with E-state index < -0.39 is 0 Å². The van der Waals surface area contributed by atoms with Gasteiger partial charge in [-0.05, 0) is 36.4 Å². The minimum absolute atomic E-state index is 0.00113. The van der Waals surface area contributed by atoms with E-state index in [1.165, 1.54) is 0 Å². The number of carbonyl (C=O) groups excluding carboxylic acids is 1. The zero-order valence-electron chi connectivity index (χ0n) is 19.0. The van der Waals surface area contributed by atoms with Gasteiger partial charge in [-0.2, -0.15) is 5.10 Å². The normalized spacial score (nSPS) is 14.2. The lowest BCUT2D eigenvalue weighted by atomic mass is 10.1. The fraction of sp³-hybridized carbons (Fsp3) is 0.222. The summed E-state index contributed by atoms with van der Waals surface area (Å²) < 4.78 is 7.59. The Morgan fingerprint density at radius 1 is 0.882 bits per heavy atom. The first-order chi connectivity index (χ1) is 16.8. The maximum Gasteiger partial charge on any atom is 0.257 e. The topological polar surface area (TPSA) is 63.5 Å². The largest absolute Gasteiger partial charge is 0.492 e. The second-order valence-electron chi connectivity index (χ2n) is 8.21. The Kier molecular flexibility index (Phi) is 6.63. The molecule has 172 valence electrons. The predicted molar refractivity (Wildman–Crippen MR) is 131 cm³/mol. The maximum absolute atomic E-state index is 13.6. The molecule has 0 spiro atoms. The Hall–Kier alpha value is -3.97. The molecule has 0 unspecified atom stereocenters. The molecule has 2 aromatic heterocycles. The summed E-state index contributed by atoms with van der Waals surface area (Å²) in [5.41, 5.74) is 2.99. The molecule has 7 nitrogen and oxygen atoms in total. The van der Waals surface area contributed by atoms with Crippen LogP contribution >= 0.6 is 0 Å². The van der Waals surface area contributed by atoms with Gasteiger partial charge in [0.2, 0.25) is 0 Å². The number of hydrogen-bond acceptors (Lipinski definition) is 5. The van der Waals surface area contributed by atoms with Crippen molar-refractivity contribution in [3.63, 3.8) is 0 Å². The van der Waals surface area contributed by atoms with E-state index in [-0.39, 0.29) is 5.91 Å². The van der Waals surface area contributed by atoms with Crippen LogP contribution in [0.3, 0.4) is 0 Å². The number of hydrogen-bond donors (Lipinski definition) is 0. The molecule has 1 fully saturated rings. The maximum atomic E-state index is 13.6. The van der Waals surface area contributed by atoms with Gasteiger partial charge in [0.1, 0.15) is 18.1 Å². The average Bonchev–Trinajstić information content (AvgIpc) is 3.36. The molecule has 0 bridgehead atoms. The Morgan fingerprint density at radius 2 is 1.62 bits per heavy atom. The monoisotopic (exact) mass is 453 g/mol. The number of para-hydroxylation sites is 2. The van der Waals surface area contributed by atoms with Gasteiger partial charge in [0.05, 0.1) is 11.3 Å². The van der Waals surface area contributed by atoms with Gasteiger partial charge in [-0.15, -0.1) is 0 Å². The molecule has 0 atom stereocenters. The molecular weight excluding hydrogens is 426 g/mol. The summed E-state index contributed by atoms with van der Waals surface area (Å²) in [6, 6.07) is 23.5. The Balaban J connectivity index is 1.26. The molecule has 1 saturated heterocycles. The van der Waals surface area contributed by atoms with Crippen molar-refractivity contribution < 1.29 is 9.53 Å². The summed E-state index contributed by atoms with van der Waals surface area (Å²) in [5, 5.41) is 4.75. The number of benzene rings is 2. The van der Waals surface area contributed by atoms with E-state index in [1.807, 2.05) is 83.9 Å². The van der Waals surface area contributed by atoms with Crippen molar-refractivity contribution in [1.29, 1.82) is 0 Å². The minimum Gasteiger partial charge on any atom is -0.492 e. The van der Waals surface area contributed by atoms with Crippen LogP contribution in [0.2, 0.25) is 0 Å². The number of piperazine rings is 1. The highest BCUT2D eigenvalue weighted by atomic mass is 16.5. The van der Waals surface area contributed by atoms with E-state index in [9.17, 15) is 4.79 Å². The summed E-state index contributed by atoms with van der Waals surface area (Å²) in [6.07, 6.45) is 5.30. The Bertz CT molecular complexity index is 1200. The summed E-state index contributed by atoms with van der Waals surface area (Å²) in [6.45, 7) is 4.45. The van der Waals surface area contributed by atoms with Gasteiger partial charge in [0.15, 0.2) is 0 Å². The van der Waals surface area contributed by atoms with Crippen LogP contribution in [0.5, 0.6) is 5.75 Å².